The molecule has 1 aromatic rings. The molecule has 0 atom stereocenters. The second kappa shape index (κ2) is 4.91. The molecule has 0 bridgehead atoms. The standard InChI is InChI=1S/C12H14F2N2O3/c1-3-16(2)11(17)7-15-8-4-5-9-10(6-8)19-12(13,14)18-9/h4-6,15H,3,7H2,1-2H3. The van der Waals surface area contributed by atoms with Crippen molar-refractivity contribution in [1.29, 1.82) is 0 Å². The van der Waals surface area contributed by atoms with E-state index in [1.807, 2.05) is 6.92 Å². The molecule has 0 saturated heterocycles. The van der Waals surface area contributed by atoms with Gasteiger partial charge in [-0.05, 0) is 19.1 Å². The Labute approximate surface area is 109 Å². The Hall–Kier alpha value is -2.05. The van der Waals surface area contributed by atoms with Crippen molar-refractivity contribution in [1.82, 2.24) is 4.90 Å². The molecule has 19 heavy (non-hydrogen) atoms. The van der Waals surface area contributed by atoms with Crippen molar-refractivity contribution in [3.8, 4) is 11.5 Å². The lowest BCUT2D eigenvalue weighted by atomic mass is 10.3. The van der Waals surface area contributed by atoms with Crippen molar-refractivity contribution in [2.45, 2.75) is 13.2 Å². The average molecular weight is 272 g/mol. The molecule has 1 aliphatic rings. The fourth-order valence-electron chi connectivity index (χ4n) is 1.55. The third-order valence-corrected chi connectivity index (χ3v) is 2.75. The largest absolute Gasteiger partial charge is 0.586 e. The summed E-state index contributed by atoms with van der Waals surface area (Å²) in [5.74, 6) is -0.163. The molecule has 0 saturated carbocycles. The molecule has 1 heterocycles. The highest BCUT2D eigenvalue weighted by Crippen LogP contribution is 2.42. The van der Waals surface area contributed by atoms with E-state index in [0.29, 0.717) is 12.2 Å². The minimum absolute atomic E-state index is 0.0208. The fraction of sp³-hybridized carbons (Fsp3) is 0.417. The van der Waals surface area contributed by atoms with Gasteiger partial charge >= 0.3 is 6.29 Å². The number of ether oxygens (including phenoxy) is 2. The van der Waals surface area contributed by atoms with Gasteiger partial charge in [-0.15, -0.1) is 8.78 Å². The molecule has 1 amide bonds. The number of nitrogens with zero attached hydrogens (tertiary/aromatic N) is 1. The molecule has 1 aromatic carbocycles. The van der Waals surface area contributed by atoms with Crippen LogP contribution in [0.1, 0.15) is 6.92 Å². The number of hydrogen-bond acceptors (Lipinski definition) is 4. The van der Waals surface area contributed by atoms with Crippen molar-refractivity contribution >= 4 is 11.6 Å². The van der Waals surface area contributed by atoms with E-state index in [1.54, 1.807) is 18.0 Å². The predicted molar refractivity (Wildman–Crippen MR) is 64.4 cm³/mol. The van der Waals surface area contributed by atoms with Crippen molar-refractivity contribution in [2.75, 3.05) is 25.5 Å². The van der Waals surface area contributed by atoms with Gasteiger partial charge in [0.1, 0.15) is 0 Å². The molecule has 7 heteroatoms. The molecule has 0 unspecified atom stereocenters. The first-order valence-corrected chi connectivity index (χ1v) is 5.79. The Morgan fingerprint density at radius 1 is 1.37 bits per heavy atom. The molecule has 1 aliphatic heterocycles. The SMILES string of the molecule is CCN(C)C(=O)CNc1ccc2c(c1)OC(F)(F)O2. The van der Waals surface area contributed by atoms with Gasteiger partial charge in [0.15, 0.2) is 11.5 Å². The van der Waals surface area contributed by atoms with Gasteiger partial charge in [-0.25, -0.2) is 0 Å². The molecule has 0 spiro atoms. The second-order valence-electron chi connectivity index (χ2n) is 4.09. The van der Waals surface area contributed by atoms with Crippen LogP contribution in [0.3, 0.4) is 0 Å². The molecule has 1 N–H and O–H groups in total. The summed E-state index contributed by atoms with van der Waals surface area (Å²) < 4.78 is 34.2. The Morgan fingerprint density at radius 3 is 2.74 bits per heavy atom. The third kappa shape index (κ3) is 3.04. The van der Waals surface area contributed by atoms with Crippen molar-refractivity contribution in [3.05, 3.63) is 18.2 Å². The summed E-state index contributed by atoms with van der Waals surface area (Å²) in [6.45, 7) is 2.55. The van der Waals surface area contributed by atoms with Crippen LogP contribution in [0.25, 0.3) is 0 Å². The highest BCUT2D eigenvalue weighted by molar-refractivity contribution is 5.80. The summed E-state index contributed by atoms with van der Waals surface area (Å²) in [7, 11) is 1.68. The van der Waals surface area contributed by atoms with Crippen molar-refractivity contribution in [3.63, 3.8) is 0 Å². The van der Waals surface area contributed by atoms with E-state index in [-0.39, 0.29) is 24.0 Å². The van der Waals surface area contributed by atoms with Crippen LogP contribution in [-0.2, 0) is 4.79 Å². The number of halogens is 2. The van der Waals surface area contributed by atoms with Gasteiger partial charge in [0.25, 0.3) is 0 Å². The monoisotopic (exact) mass is 272 g/mol. The van der Waals surface area contributed by atoms with Gasteiger partial charge in [0, 0.05) is 25.3 Å². The van der Waals surface area contributed by atoms with Gasteiger partial charge < -0.3 is 19.7 Å². The summed E-state index contributed by atoms with van der Waals surface area (Å²) in [6.07, 6.45) is -3.63. The van der Waals surface area contributed by atoms with Crippen LogP contribution in [0.15, 0.2) is 18.2 Å². The minimum Gasteiger partial charge on any atom is -0.395 e. The molecule has 0 aliphatic carbocycles. The molecule has 2 rings (SSSR count). The zero-order chi connectivity index (χ0) is 14.0. The number of likely N-dealkylation sites (N-methyl/N-ethyl adjacent to an activating group) is 1. The van der Waals surface area contributed by atoms with Crippen molar-refractivity contribution < 1.29 is 23.0 Å². The van der Waals surface area contributed by atoms with Crippen LogP contribution in [0.5, 0.6) is 11.5 Å². The number of rotatable bonds is 4. The van der Waals surface area contributed by atoms with Crippen LogP contribution in [0.2, 0.25) is 0 Å². The minimum atomic E-state index is -3.63. The van der Waals surface area contributed by atoms with E-state index in [1.165, 1.54) is 12.1 Å². The summed E-state index contributed by atoms with van der Waals surface area (Å²) in [5.41, 5.74) is 0.512. The Morgan fingerprint density at radius 2 is 2.05 bits per heavy atom. The molecule has 104 valence electrons. The zero-order valence-electron chi connectivity index (χ0n) is 10.6. The van der Waals surface area contributed by atoms with E-state index in [2.05, 4.69) is 14.8 Å². The normalized spacial score (nSPS) is 15.2. The molecule has 0 fully saturated rings. The maximum absolute atomic E-state index is 12.8. The van der Waals surface area contributed by atoms with E-state index in [4.69, 9.17) is 0 Å². The lowest BCUT2D eigenvalue weighted by Gasteiger charge is -2.15. The highest BCUT2D eigenvalue weighted by atomic mass is 19.3. The summed E-state index contributed by atoms with van der Waals surface area (Å²) in [4.78, 5) is 13.1. The average Bonchev–Trinajstić information content (AvgIpc) is 2.67. The first-order chi connectivity index (χ1) is 8.91. The second-order valence-corrected chi connectivity index (χ2v) is 4.09. The van der Waals surface area contributed by atoms with E-state index in [9.17, 15) is 13.6 Å². The van der Waals surface area contributed by atoms with Crippen molar-refractivity contribution in [2.24, 2.45) is 0 Å². The lowest BCUT2D eigenvalue weighted by Crippen LogP contribution is -2.31. The van der Waals surface area contributed by atoms with Gasteiger partial charge in [0.2, 0.25) is 5.91 Å². The topological polar surface area (TPSA) is 50.8 Å². The van der Waals surface area contributed by atoms with Gasteiger partial charge in [0.05, 0.1) is 6.54 Å². The number of anilines is 1. The van der Waals surface area contributed by atoms with Crippen LogP contribution in [0, 0.1) is 0 Å². The summed E-state index contributed by atoms with van der Waals surface area (Å²) in [6, 6.07) is 4.28. The van der Waals surface area contributed by atoms with E-state index in [0.717, 1.165) is 0 Å². The number of carbonyl (C=O) groups excluding carboxylic acids is 1. The first kappa shape index (κ1) is 13.4. The lowest BCUT2D eigenvalue weighted by molar-refractivity contribution is -0.286. The number of nitrogens with one attached hydrogen (secondary N) is 1. The quantitative estimate of drug-likeness (QED) is 0.909. The number of benzene rings is 1. The van der Waals surface area contributed by atoms with E-state index < -0.39 is 6.29 Å². The number of hydrogen-bond donors (Lipinski definition) is 1. The fourth-order valence-corrected chi connectivity index (χ4v) is 1.55. The van der Waals surface area contributed by atoms with Crippen LogP contribution in [0.4, 0.5) is 14.5 Å². The number of carbonyl (C=O) groups is 1. The third-order valence-electron chi connectivity index (χ3n) is 2.75. The summed E-state index contributed by atoms with van der Waals surface area (Å²) >= 11 is 0. The summed E-state index contributed by atoms with van der Waals surface area (Å²) in [5, 5.41) is 2.85. The molecule has 0 aromatic heterocycles. The molecular formula is C12H14F2N2O3. The molecular weight excluding hydrogens is 258 g/mol. The van der Waals surface area contributed by atoms with Gasteiger partial charge in [-0.2, -0.15) is 0 Å². The first-order valence-electron chi connectivity index (χ1n) is 5.79. The maximum atomic E-state index is 12.8. The number of alkyl halides is 2. The Kier molecular flexibility index (Phi) is 3.46. The number of fused-ring (bicyclic) bond motifs is 1. The number of amides is 1. The maximum Gasteiger partial charge on any atom is 0.586 e. The zero-order valence-corrected chi connectivity index (χ0v) is 10.6. The molecule has 0 radical (unpaired) electrons. The Balaban J connectivity index is 1.99. The Bertz CT molecular complexity index is 494. The highest BCUT2D eigenvalue weighted by Gasteiger charge is 2.43. The van der Waals surface area contributed by atoms with Crippen LogP contribution in [-0.4, -0.2) is 37.2 Å². The van der Waals surface area contributed by atoms with Crippen LogP contribution < -0.4 is 14.8 Å². The van der Waals surface area contributed by atoms with Gasteiger partial charge in [-0.3, -0.25) is 4.79 Å². The predicted octanol–water partition coefficient (Wildman–Crippen LogP) is 1.90. The van der Waals surface area contributed by atoms with Crippen LogP contribution >= 0.6 is 0 Å². The van der Waals surface area contributed by atoms with Gasteiger partial charge in [-0.1, -0.05) is 0 Å². The smallest absolute Gasteiger partial charge is 0.395 e. The molecule has 5 nitrogen and oxygen atoms in total. The van der Waals surface area contributed by atoms with E-state index >= 15 is 0 Å².